The molecule has 0 bridgehead atoms. The highest BCUT2D eigenvalue weighted by Gasteiger charge is 2.23. The fourth-order valence-corrected chi connectivity index (χ4v) is 4.58. The number of aromatic nitrogens is 1. The Morgan fingerprint density at radius 1 is 0.902 bits per heavy atom. The molecule has 0 unspecified atom stereocenters. The molecule has 1 heterocycles. The summed E-state index contributed by atoms with van der Waals surface area (Å²) in [7, 11) is 3.04. The highest BCUT2D eigenvalue weighted by molar-refractivity contribution is 6.35. The van der Waals surface area contributed by atoms with E-state index >= 15 is 0 Å². The predicted molar refractivity (Wildman–Crippen MR) is 153 cm³/mol. The molecule has 0 amide bonds. The number of hydrogen-bond acceptors (Lipinski definition) is 7. The summed E-state index contributed by atoms with van der Waals surface area (Å²) in [4.78, 5) is 17.2. The van der Waals surface area contributed by atoms with Crippen molar-refractivity contribution in [2.75, 3.05) is 19.5 Å². The number of rotatable bonds is 12. The Kier molecular flexibility index (Phi) is 10.2. The number of ether oxygens (including phenoxy) is 4. The number of hydrogen-bond donors (Lipinski definition) is 1. The van der Waals surface area contributed by atoms with Crippen molar-refractivity contribution in [1.29, 1.82) is 0 Å². The monoisotopic (exact) mass is 602 g/mol. The number of esters is 1. The molecule has 3 aromatic carbocycles. The molecule has 0 aliphatic heterocycles. The molecule has 0 saturated heterocycles. The lowest BCUT2D eigenvalue weighted by atomic mass is 10.0. The molecule has 7 nitrogen and oxygen atoms in total. The second-order valence-corrected chi connectivity index (χ2v) is 9.53. The van der Waals surface area contributed by atoms with Gasteiger partial charge in [0.25, 0.3) is 0 Å². The van der Waals surface area contributed by atoms with Crippen LogP contribution in [0.15, 0.2) is 79.1 Å². The zero-order chi connectivity index (χ0) is 29.4. The van der Waals surface area contributed by atoms with E-state index in [9.17, 15) is 13.6 Å². The molecule has 0 fully saturated rings. The first kappa shape index (κ1) is 29.9. The smallest absolute Gasteiger partial charge is 0.387 e. The van der Waals surface area contributed by atoms with Gasteiger partial charge in [-0.25, -0.2) is 4.79 Å². The number of benzene rings is 3. The van der Waals surface area contributed by atoms with Gasteiger partial charge in [0.1, 0.15) is 11.9 Å². The van der Waals surface area contributed by atoms with Crippen molar-refractivity contribution in [3.8, 4) is 17.2 Å². The molecule has 11 heteroatoms. The summed E-state index contributed by atoms with van der Waals surface area (Å²) in [6.07, 6.45) is 2.36. The molecule has 0 aliphatic carbocycles. The van der Waals surface area contributed by atoms with Gasteiger partial charge in [-0.3, -0.25) is 4.98 Å². The molecular formula is C30H26Cl2F2N2O5. The number of carbonyl (C=O) groups is 1. The minimum Gasteiger partial charge on any atom is -0.493 e. The van der Waals surface area contributed by atoms with E-state index in [1.165, 1.54) is 32.7 Å². The van der Waals surface area contributed by atoms with E-state index in [-0.39, 0.29) is 12.2 Å². The molecule has 4 rings (SSSR count). The average molecular weight is 603 g/mol. The summed E-state index contributed by atoms with van der Waals surface area (Å²) in [5.74, 6) is 0.462. The molecule has 41 heavy (non-hydrogen) atoms. The summed E-state index contributed by atoms with van der Waals surface area (Å²) in [6, 6.07) is 18.3. The molecule has 1 N–H and O–H groups in total. The number of methoxy groups -OCH3 is 2. The normalized spacial score (nSPS) is 11.6. The number of carbonyl (C=O) groups excluding carboxylic acids is 1. The first-order chi connectivity index (χ1) is 19.8. The standard InChI is InChI=1S/C30H26Cl2F2N2O5/c1-38-26-12-11-20(13-28(26)39-2)27(14-21-22(31)16-35-17-23(21)32)40-29(37)19-9-7-18(8-10-19)15-36-24-5-3-4-6-25(24)41-30(33)34/h3-13,16-17,27,30,36H,14-15H2,1-2H3/t27-/m0/s1. The maximum absolute atomic E-state index is 13.2. The Bertz CT molecular complexity index is 1470. The number of halogens is 4. The van der Waals surface area contributed by atoms with Crippen molar-refractivity contribution in [2.45, 2.75) is 25.7 Å². The zero-order valence-electron chi connectivity index (χ0n) is 22.1. The van der Waals surface area contributed by atoms with Crippen molar-refractivity contribution in [3.05, 3.63) is 111 Å². The number of pyridine rings is 1. The second-order valence-electron chi connectivity index (χ2n) is 8.72. The zero-order valence-corrected chi connectivity index (χ0v) is 23.6. The molecule has 1 aromatic heterocycles. The van der Waals surface area contributed by atoms with Gasteiger partial charge in [0.05, 0.1) is 35.5 Å². The van der Waals surface area contributed by atoms with Crippen LogP contribution in [0.1, 0.15) is 33.2 Å². The quantitative estimate of drug-likeness (QED) is 0.166. The molecule has 0 saturated carbocycles. The maximum atomic E-state index is 13.2. The summed E-state index contributed by atoms with van der Waals surface area (Å²) in [5, 5.41) is 3.76. The second kappa shape index (κ2) is 14.0. The van der Waals surface area contributed by atoms with Crippen LogP contribution in [0.25, 0.3) is 0 Å². The van der Waals surface area contributed by atoms with Gasteiger partial charge in [0.15, 0.2) is 11.5 Å². The van der Waals surface area contributed by atoms with E-state index in [1.54, 1.807) is 60.7 Å². The molecule has 0 spiro atoms. The van der Waals surface area contributed by atoms with Crippen molar-refractivity contribution in [1.82, 2.24) is 4.98 Å². The summed E-state index contributed by atoms with van der Waals surface area (Å²) in [6.45, 7) is -2.62. The van der Waals surface area contributed by atoms with E-state index in [1.807, 2.05) is 0 Å². The van der Waals surface area contributed by atoms with Gasteiger partial charge in [-0.1, -0.05) is 53.5 Å². The van der Waals surface area contributed by atoms with Crippen LogP contribution in [-0.2, 0) is 17.7 Å². The van der Waals surface area contributed by atoms with E-state index in [0.717, 1.165) is 5.56 Å². The Labute approximate surface area is 245 Å². The van der Waals surface area contributed by atoms with Crippen LogP contribution in [0.2, 0.25) is 10.0 Å². The topological polar surface area (TPSA) is 78.9 Å². The van der Waals surface area contributed by atoms with Crippen molar-refractivity contribution < 1.29 is 32.5 Å². The first-order valence-electron chi connectivity index (χ1n) is 12.4. The van der Waals surface area contributed by atoms with Crippen LogP contribution < -0.4 is 19.5 Å². The molecule has 1 atom stereocenters. The van der Waals surface area contributed by atoms with Crippen LogP contribution >= 0.6 is 23.2 Å². The lowest BCUT2D eigenvalue weighted by Gasteiger charge is -2.21. The minimum atomic E-state index is -2.93. The number of anilines is 1. The molecule has 4 aromatic rings. The van der Waals surface area contributed by atoms with Gasteiger partial charge >= 0.3 is 12.6 Å². The summed E-state index contributed by atoms with van der Waals surface area (Å²) < 4.78 is 46.7. The van der Waals surface area contributed by atoms with E-state index in [2.05, 4.69) is 15.0 Å². The Morgan fingerprint density at radius 2 is 1.59 bits per heavy atom. The van der Waals surface area contributed by atoms with Crippen LogP contribution in [-0.4, -0.2) is 31.8 Å². The van der Waals surface area contributed by atoms with E-state index in [4.69, 9.17) is 37.4 Å². The van der Waals surface area contributed by atoms with Crippen LogP contribution in [0, 0.1) is 0 Å². The van der Waals surface area contributed by atoms with Crippen LogP contribution in [0.3, 0.4) is 0 Å². The molecule has 214 valence electrons. The van der Waals surface area contributed by atoms with Crippen molar-refractivity contribution in [2.24, 2.45) is 0 Å². The Balaban J connectivity index is 1.52. The fourth-order valence-electron chi connectivity index (χ4n) is 4.06. The number of alkyl halides is 2. The van der Waals surface area contributed by atoms with Gasteiger partial charge in [0, 0.05) is 25.4 Å². The Hall–Kier alpha value is -4.08. The van der Waals surface area contributed by atoms with Crippen molar-refractivity contribution >= 4 is 34.9 Å². The fraction of sp³-hybridized carbons (Fsp3) is 0.200. The minimum absolute atomic E-state index is 0.0401. The van der Waals surface area contributed by atoms with E-state index < -0.39 is 18.7 Å². The van der Waals surface area contributed by atoms with Gasteiger partial charge < -0.3 is 24.3 Å². The average Bonchev–Trinajstić information content (AvgIpc) is 2.97. The highest BCUT2D eigenvalue weighted by atomic mass is 35.5. The third kappa shape index (κ3) is 7.77. The van der Waals surface area contributed by atoms with Crippen LogP contribution in [0.4, 0.5) is 14.5 Å². The SMILES string of the molecule is COc1ccc([C@H](Cc2c(Cl)cncc2Cl)OC(=O)c2ccc(CNc3ccccc3OC(F)F)cc2)cc1OC. The Morgan fingerprint density at radius 3 is 2.24 bits per heavy atom. The molecular weight excluding hydrogens is 577 g/mol. The lowest BCUT2D eigenvalue weighted by Crippen LogP contribution is -2.15. The van der Waals surface area contributed by atoms with Gasteiger partial charge in [0.2, 0.25) is 0 Å². The van der Waals surface area contributed by atoms with Gasteiger partial charge in [-0.2, -0.15) is 8.78 Å². The molecule has 0 radical (unpaired) electrons. The van der Waals surface area contributed by atoms with Gasteiger partial charge in [-0.05, 0) is 53.1 Å². The largest absolute Gasteiger partial charge is 0.493 e. The summed E-state index contributed by atoms with van der Waals surface area (Å²) >= 11 is 12.7. The highest BCUT2D eigenvalue weighted by Crippen LogP contribution is 2.35. The predicted octanol–water partition coefficient (Wildman–Crippen LogP) is 7.76. The maximum Gasteiger partial charge on any atom is 0.387 e. The third-order valence-corrected chi connectivity index (χ3v) is 6.80. The summed E-state index contributed by atoms with van der Waals surface area (Å²) in [5.41, 5.74) is 2.76. The first-order valence-corrected chi connectivity index (χ1v) is 13.1. The molecule has 0 aliphatic rings. The number of para-hydroxylation sites is 2. The van der Waals surface area contributed by atoms with E-state index in [0.29, 0.717) is 50.5 Å². The van der Waals surface area contributed by atoms with Gasteiger partial charge in [-0.15, -0.1) is 0 Å². The van der Waals surface area contributed by atoms with Crippen molar-refractivity contribution in [3.63, 3.8) is 0 Å². The lowest BCUT2D eigenvalue weighted by molar-refractivity contribution is -0.0493. The van der Waals surface area contributed by atoms with Crippen LogP contribution in [0.5, 0.6) is 17.2 Å². The number of nitrogens with one attached hydrogen (secondary N) is 1. The number of nitrogens with zero attached hydrogens (tertiary/aromatic N) is 1. The third-order valence-electron chi connectivity index (χ3n) is 6.15.